The largest absolute Gasteiger partial charge is 0.252 e. The Bertz CT molecular complexity index is 752. The lowest BCUT2D eigenvalue weighted by Crippen LogP contribution is -2.13. The molecule has 0 aliphatic heterocycles. The third-order valence-corrected chi connectivity index (χ3v) is 3.64. The van der Waals surface area contributed by atoms with Crippen molar-refractivity contribution in [2.75, 3.05) is 0 Å². The molecule has 2 aromatic carbocycles. The fourth-order valence-electron chi connectivity index (χ4n) is 2.51. The number of hydrogen-bond acceptors (Lipinski definition) is 2. The summed E-state index contributed by atoms with van der Waals surface area (Å²) >= 11 is 0. The topological polar surface area (TPSA) is 30.7 Å². The van der Waals surface area contributed by atoms with Gasteiger partial charge in [0.05, 0.1) is 6.54 Å². The second-order valence-corrected chi connectivity index (χ2v) is 5.25. The van der Waals surface area contributed by atoms with E-state index in [1.54, 1.807) is 29.2 Å². The van der Waals surface area contributed by atoms with Gasteiger partial charge in [-0.05, 0) is 41.8 Å². The van der Waals surface area contributed by atoms with Crippen molar-refractivity contribution in [3.63, 3.8) is 0 Å². The van der Waals surface area contributed by atoms with Gasteiger partial charge in [0, 0.05) is 5.92 Å². The van der Waals surface area contributed by atoms with Gasteiger partial charge in [-0.2, -0.15) is 5.10 Å². The van der Waals surface area contributed by atoms with Gasteiger partial charge >= 0.3 is 0 Å². The standard InChI is InChI=1S/C17H15F2N3/c1-12-2-7-15(17(19)8-12)16(9-22-11-20-10-21-22)13-3-5-14(18)6-4-13/h2-8,10-11,16H,9H2,1H3. The summed E-state index contributed by atoms with van der Waals surface area (Å²) in [5.41, 5.74) is 2.26. The number of benzene rings is 2. The Kier molecular flexibility index (Phi) is 3.96. The summed E-state index contributed by atoms with van der Waals surface area (Å²) in [6, 6.07) is 11.3. The normalized spacial score (nSPS) is 12.3. The van der Waals surface area contributed by atoms with Crippen LogP contribution < -0.4 is 0 Å². The Labute approximate surface area is 127 Å². The fourth-order valence-corrected chi connectivity index (χ4v) is 2.51. The molecule has 22 heavy (non-hydrogen) atoms. The molecule has 112 valence electrons. The molecule has 5 heteroatoms. The molecular weight excluding hydrogens is 284 g/mol. The molecule has 0 radical (unpaired) electrons. The van der Waals surface area contributed by atoms with E-state index in [9.17, 15) is 8.78 Å². The molecule has 3 rings (SSSR count). The SMILES string of the molecule is Cc1ccc(C(Cn2cncn2)c2ccc(F)cc2)c(F)c1. The van der Waals surface area contributed by atoms with Crippen molar-refractivity contribution in [2.45, 2.75) is 19.4 Å². The van der Waals surface area contributed by atoms with Crippen LogP contribution in [0, 0.1) is 18.6 Å². The molecule has 3 aromatic rings. The average Bonchev–Trinajstić information content (AvgIpc) is 2.99. The molecule has 0 aliphatic rings. The van der Waals surface area contributed by atoms with Gasteiger partial charge in [-0.1, -0.05) is 24.3 Å². The highest BCUT2D eigenvalue weighted by Gasteiger charge is 2.19. The first kappa shape index (κ1) is 14.4. The van der Waals surface area contributed by atoms with E-state index in [4.69, 9.17) is 0 Å². The molecule has 1 aromatic heterocycles. The van der Waals surface area contributed by atoms with Crippen molar-refractivity contribution >= 4 is 0 Å². The molecule has 1 atom stereocenters. The van der Waals surface area contributed by atoms with Crippen molar-refractivity contribution in [2.24, 2.45) is 0 Å². The Balaban J connectivity index is 2.03. The van der Waals surface area contributed by atoms with Crippen LogP contribution in [0.25, 0.3) is 0 Å². The maximum Gasteiger partial charge on any atom is 0.137 e. The average molecular weight is 299 g/mol. The minimum absolute atomic E-state index is 0.261. The van der Waals surface area contributed by atoms with Crippen LogP contribution in [-0.4, -0.2) is 14.8 Å². The third kappa shape index (κ3) is 3.03. The van der Waals surface area contributed by atoms with Gasteiger partial charge < -0.3 is 0 Å². The number of nitrogens with zero attached hydrogens (tertiary/aromatic N) is 3. The summed E-state index contributed by atoms with van der Waals surface area (Å²) in [5.74, 6) is -0.843. The predicted molar refractivity (Wildman–Crippen MR) is 79.4 cm³/mol. The molecule has 1 heterocycles. The minimum Gasteiger partial charge on any atom is -0.252 e. The predicted octanol–water partition coefficient (Wildman–Crippen LogP) is 3.70. The van der Waals surface area contributed by atoms with Crippen LogP contribution in [-0.2, 0) is 6.54 Å². The Morgan fingerprint density at radius 2 is 1.86 bits per heavy atom. The number of aromatic nitrogens is 3. The highest BCUT2D eigenvalue weighted by atomic mass is 19.1. The molecule has 0 N–H and O–H groups in total. The molecule has 0 fully saturated rings. The number of hydrogen-bond donors (Lipinski definition) is 0. The van der Waals surface area contributed by atoms with Crippen LogP contribution in [0.5, 0.6) is 0 Å². The molecule has 0 saturated carbocycles. The zero-order valence-corrected chi connectivity index (χ0v) is 12.1. The van der Waals surface area contributed by atoms with Crippen LogP contribution >= 0.6 is 0 Å². The van der Waals surface area contributed by atoms with Gasteiger partial charge in [0.1, 0.15) is 24.3 Å². The lowest BCUT2D eigenvalue weighted by atomic mass is 9.90. The van der Waals surface area contributed by atoms with E-state index in [1.807, 2.05) is 13.0 Å². The van der Waals surface area contributed by atoms with Crippen molar-refractivity contribution < 1.29 is 8.78 Å². The Morgan fingerprint density at radius 1 is 1.09 bits per heavy atom. The summed E-state index contributed by atoms with van der Waals surface area (Å²) in [7, 11) is 0. The second kappa shape index (κ2) is 6.05. The highest BCUT2D eigenvalue weighted by molar-refractivity contribution is 5.35. The zero-order chi connectivity index (χ0) is 15.5. The smallest absolute Gasteiger partial charge is 0.137 e. The minimum atomic E-state index is -0.312. The van der Waals surface area contributed by atoms with Crippen LogP contribution in [0.3, 0.4) is 0 Å². The summed E-state index contributed by atoms with van der Waals surface area (Å²) in [4.78, 5) is 3.91. The molecular formula is C17H15F2N3. The molecule has 0 aliphatic carbocycles. The summed E-state index contributed by atoms with van der Waals surface area (Å²) in [5, 5.41) is 4.08. The fraction of sp³-hybridized carbons (Fsp3) is 0.176. The van der Waals surface area contributed by atoms with Crippen molar-refractivity contribution in [1.82, 2.24) is 14.8 Å². The number of aryl methyl sites for hydroxylation is 1. The van der Waals surface area contributed by atoms with E-state index in [0.29, 0.717) is 12.1 Å². The maximum atomic E-state index is 14.4. The molecule has 0 amide bonds. The quantitative estimate of drug-likeness (QED) is 0.735. The van der Waals surface area contributed by atoms with Crippen molar-refractivity contribution in [3.8, 4) is 0 Å². The second-order valence-electron chi connectivity index (χ2n) is 5.25. The third-order valence-electron chi connectivity index (χ3n) is 3.64. The van der Waals surface area contributed by atoms with E-state index in [2.05, 4.69) is 10.1 Å². The first-order valence-corrected chi connectivity index (χ1v) is 6.97. The molecule has 3 nitrogen and oxygen atoms in total. The van der Waals surface area contributed by atoms with Gasteiger partial charge in [-0.25, -0.2) is 13.8 Å². The number of rotatable bonds is 4. The van der Waals surface area contributed by atoms with E-state index < -0.39 is 0 Å². The van der Waals surface area contributed by atoms with Gasteiger partial charge in [-0.3, -0.25) is 4.68 Å². The van der Waals surface area contributed by atoms with Crippen LogP contribution in [0.4, 0.5) is 8.78 Å². The molecule has 0 spiro atoms. The van der Waals surface area contributed by atoms with E-state index in [-0.39, 0.29) is 17.6 Å². The highest BCUT2D eigenvalue weighted by Crippen LogP contribution is 2.29. The molecule has 1 unspecified atom stereocenters. The summed E-state index contributed by atoms with van der Waals surface area (Å²) in [6.07, 6.45) is 3.02. The Morgan fingerprint density at radius 3 is 2.50 bits per heavy atom. The van der Waals surface area contributed by atoms with Crippen molar-refractivity contribution in [3.05, 3.63) is 83.4 Å². The summed E-state index contributed by atoms with van der Waals surface area (Å²) < 4.78 is 29.2. The van der Waals surface area contributed by atoms with Crippen LogP contribution in [0.1, 0.15) is 22.6 Å². The first-order valence-electron chi connectivity index (χ1n) is 6.97. The monoisotopic (exact) mass is 299 g/mol. The number of halogens is 2. The molecule has 0 bridgehead atoms. The van der Waals surface area contributed by atoms with Gasteiger partial charge in [0.2, 0.25) is 0 Å². The maximum absolute atomic E-state index is 14.4. The van der Waals surface area contributed by atoms with E-state index in [0.717, 1.165) is 11.1 Å². The first-order chi connectivity index (χ1) is 10.6. The van der Waals surface area contributed by atoms with Crippen LogP contribution in [0.15, 0.2) is 55.1 Å². The molecule has 0 saturated heterocycles. The lowest BCUT2D eigenvalue weighted by Gasteiger charge is -2.19. The summed E-state index contributed by atoms with van der Waals surface area (Å²) in [6.45, 7) is 2.28. The van der Waals surface area contributed by atoms with Gasteiger partial charge in [-0.15, -0.1) is 0 Å². The lowest BCUT2D eigenvalue weighted by molar-refractivity contribution is 0.530. The van der Waals surface area contributed by atoms with Gasteiger partial charge in [0.25, 0.3) is 0 Å². The van der Waals surface area contributed by atoms with E-state index >= 15 is 0 Å². The van der Waals surface area contributed by atoms with E-state index in [1.165, 1.54) is 24.5 Å². The van der Waals surface area contributed by atoms with Gasteiger partial charge in [0.15, 0.2) is 0 Å². The van der Waals surface area contributed by atoms with Crippen molar-refractivity contribution in [1.29, 1.82) is 0 Å². The zero-order valence-electron chi connectivity index (χ0n) is 12.1. The Hall–Kier alpha value is -2.56. The van der Waals surface area contributed by atoms with Crippen LogP contribution in [0.2, 0.25) is 0 Å².